The van der Waals surface area contributed by atoms with Crippen molar-refractivity contribution in [2.45, 2.75) is 25.7 Å². The number of carbonyl (C=O) groups is 1. The van der Waals surface area contributed by atoms with Crippen LogP contribution in [0.15, 0.2) is 89.4 Å². The van der Waals surface area contributed by atoms with E-state index in [4.69, 9.17) is 4.74 Å². The summed E-state index contributed by atoms with van der Waals surface area (Å²) < 4.78 is 33.6. The highest BCUT2D eigenvalue weighted by atomic mass is 32.2. The molecule has 0 aliphatic rings. The predicted molar refractivity (Wildman–Crippen MR) is 139 cm³/mol. The maximum absolute atomic E-state index is 13.5. The lowest BCUT2D eigenvalue weighted by atomic mass is 10.1. The fraction of sp³-hybridized carbons (Fsp3) is 0.185. The lowest BCUT2D eigenvalue weighted by Gasteiger charge is -2.24. The van der Waals surface area contributed by atoms with Gasteiger partial charge in [-0.3, -0.25) is 9.10 Å². The minimum atomic E-state index is -4.00. The van der Waals surface area contributed by atoms with Gasteiger partial charge in [-0.25, -0.2) is 13.8 Å². The molecule has 1 N–H and O–H groups in total. The van der Waals surface area contributed by atoms with Crippen LogP contribution in [0.25, 0.3) is 0 Å². The molecular formula is C27H29N3O4S. The van der Waals surface area contributed by atoms with Crippen LogP contribution in [0, 0.1) is 20.8 Å². The summed E-state index contributed by atoms with van der Waals surface area (Å²) >= 11 is 0. The number of benzene rings is 3. The van der Waals surface area contributed by atoms with E-state index in [1.807, 2.05) is 26.8 Å². The highest BCUT2D eigenvalue weighted by molar-refractivity contribution is 7.92. The van der Waals surface area contributed by atoms with Gasteiger partial charge in [0.25, 0.3) is 15.9 Å². The van der Waals surface area contributed by atoms with Crippen molar-refractivity contribution in [2.75, 3.05) is 17.5 Å². The molecule has 182 valence electrons. The molecule has 0 saturated carbocycles. The van der Waals surface area contributed by atoms with Crippen LogP contribution in [0.1, 0.15) is 22.3 Å². The van der Waals surface area contributed by atoms with E-state index in [0.29, 0.717) is 23.6 Å². The number of carbonyl (C=O) groups excluding carboxylic acids is 1. The maximum atomic E-state index is 13.5. The van der Waals surface area contributed by atoms with Crippen molar-refractivity contribution >= 4 is 27.8 Å². The van der Waals surface area contributed by atoms with E-state index < -0.39 is 22.5 Å². The van der Waals surface area contributed by atoms with Crippen LogP contribution in [0.4, 0.5) is 5.69 Å². The van der Waals surface area contributed by atoms with Gasteiger partial charge in [0.1, 0.15) is 18.9 Å². The molecule has 0 heterocycles. The Morgan fingerprint density at radius 1 is 1.00 bits per heavy atom. The normalized spacial score (nSPS) is 11.3. The third-order valence-electron chi connectivity index (χ3n) is 5.02. The van der Waals surface area contributed by atoms with E-state index >= 15 is 0 Å². The second-order valence-corrected chi connectivity index (χ2v) is 10.00. The number of amides is 1. The number of nitrogens with one attached hydrogen (secondary N) is 1. The molecule has 0 bridgehead atoms. The van der Waals surface area contributed by atoms with Crippen molar-refractivity contribution in [1.82, 2.24) is 5.43 Å². The standard InChI is InChI=1S/C27H29N3O4S/c1-5-13-34-25-8-6-7-23(17-25)18-28-29-27(31)19-30(24-15-21(3)14-22(4)16-24)35(32,33)26-11-9-20(2)10-12-26/h5-12,14-18H,1,13,19H2,2-4H3,(H,29,31)/b28-18-. The minimum absolute atomic E-state index is 0.106. The first-order valence-electron chi connectivity index (χ1n) is 11.0. The molecule has 7 nitrogen and oxygen atoms in total. The molecule has 3 aromatic rings. The van der Waals surface area contributed by atoms with E-state index in [0.717, 1.165) is 21.0 Å². The molecule has 3 aromatic carbocycles. The Balaban J connectivity index is 1.82. The Kier molecular flexibility index (Phi) is 8.43. The molecule has 0 aromatic heterocycles. The Labute approximate surface area is 206 Å². The van der Waals surface area contributed by atoms with E-state index in [2.05, 4.69) is 17.1 Å². The third-order valence-corrected chi connectivity index (χ3v) is 6.81. The van der Waals surface area contributed by atoms with Crippen LogP contribution in [-0.2, 0) is 14.8 Å². The molecule has 0 spiro atoms. The fourth-order valence-corrected chi connectivity index (χ4v) is 4.84. The molecule has 3 rings (SSSR count). The van der Waals surface area contributed by atoms with Gasteiger partial charge in [0.15, 0.2) is 0 Å². The monoisotopic (exact) mass is 491 g/mol. The number of rotatable bonds is 10. The molecule has 0 aliphatic carbocycles. The lowest BCUT2D eigenvalue weighted by molar-refractivity contribution is -0.119. The van der Waals surface area contributed by atoms with Crippen LogP contribution in [-0.4, -0.2) is 33.7 Å². The van der Waals surface area contributed by atoms with Crippen LogP contribution >= 0.6 is 0 Å². The number of anilines is 1. The number of aryl methyl sites for hydroxylation is 3. The number of sulfonamides is 1. The van der Waals surface area contributed by atoms with Crippen LogP contribution in [0.2, 0.25) is 0 Å². The number of hydrogen-bond acceptors (Lipinski definition) is 5. The van der Waals surface area contributed by atoms with Gasteiger partial charge in [0.05, 0.1) is 16.8 Å². The highest BCUT2D eigenvalue weighted by Crippen LogP contribution is 2.26. The Bertz CT molecular complexity index is 1310. The largest absolute Gasteiger partial charge is 0.490 e. The first-order valence-corrected chi connectivity index (χ1v) is 12.5. The van der Waals surface area contributed by atoms with E-state index in [1.54, 1.807) is 54.6 Å². The summed E-state index contributed by atoms with van der Waals surface area (Å²) in [4.78, 5) is 12.9. The van der Waals surface area contributed by atoms with Crippen molar-refractivity contribution in [3.05, 3.63) is 102 Å². The summed E-state index contributed by atoms with van der Waals surface area (Å²) in [5, 5.41) is 3.99. The van der Waals surface area contributed by atoms with Crippen LogP contribution in [0.5, 0.6) is 5.75 Å². The third kappa shape index (κ3) is 7.04. The molecule has 8 heteroatoms. The Morgan fingerprint density at radius 3 is 2.34 bits per heavy atom. The predicted octanol–water partition coefficient (Wildman–Crippen LogP) is 4.52. The molecule has 0 atom stereocenters. The van der Waals surface area contributed by atoms with Gasteiger partial charge in [-0.15, -0.1) is 0 Å². The van der Waals surface area contributed by atoms with Crippen molar-refractivity contribution in [1.29, 1.82) is 0 Å². The summed E-state index contributed by atoms with van der Waals surface area (Å²) in [7, 11) is -4.00. The number of hydrazone groups is 1. The lowest BCUT2D eigenvalue weighted by Crippen LogP contribution is -2.39. The van der Waals surface area contributed by atoms with Gasteiger partial charge in [-0.1, -0.05) is 48.6 Å². The molecular weight excluding hydrogens is 462 g/mol. The molecule has 0 unspecified atom stereocenters. The van der Waals surface area contributed by atoms with E-state index in [9.17, 15) is 13.2 Å². The molecule has 0 fully saturated rings. The molecule has 35 heavy (non-hydrogen) atoms. The van der Waals surface area contributed by atoms with Gasteiger partial charge in [-0.05, 0) is 73.9 Å². The zero-order valence-electron chi connectivity index (χ0n) is 20.1. The average Bonchev–Trinajstić information content (AvgIpc) is 2.81. The summed E-state index contributed by atoms with van der Waals surface area (Å²) in [6.07, 6.45) is 3.11. The van der Waals surface area contributed by atoms with Crippen molar-refractivity contribution in [3.63, 3.8) is 0 Å². The van der Waals surface area contributed by atoms with Crippen molar-refractivity contribution in [3.8, 4) is 5.75 Å². The average molecular weight is 492 g/mol. The van der Waals surface area contributed by atoms with E-state index in [1.165, 1.54) is 18.3 Å². The summed E-state index contributed by atoms with van der Waals surface area (Å²) in [6.45, 7) is 9.20. The summed E-state index contributed by atoms with van der Waals surface area (Å²) in [6, 6.07) is 19.1. The van der Waals surface area contributed by atoms with Gasteiger partial charge in [0, 0.05) is 0 Å². The first-order chi connectivity index (χ1) is 16.7. The van der Waals surface area contributed by atoms with Crippen LogP contribution < -0.4 is 14.5 Å². The van der Waals surface area contributed by atoms with Gasteiger partial charge >= 0.3 is 0 Å². The Morgan fingerprint density at radius 2 is 1.69 bits per heavy atom. The zero-order valence-corrected chi connectivity index (χ0v) is 20.9. The first kappa shape index (κ1) is 25.7. The maximum Gasteiger partial charge on any atom is 0.264 e. The Hall–Kier alpha value is -3.91. The second-order valence-electron chi connectivity index (χ2n) is 8.14. The molecule has 1 amide bonds. The topological polar surface area (TPSA) is 88.1 Å². The molecule has 0 aliphatic heterocycles. The molecule has 0 saturated heterocycles. The van der Waals surface area contributed by atoms with Crippen molar-refractivity contribution in [2.24, 2.45) is 5.10 Å². The van der Waals surface area contributed by atoms with Gasteiger partial charge in [0.2, 0.25) is 0 Å². The SMILES string of the molecule is C=CCOc1cccc(/C=N\NC(=O)CN(c2cc(C)cc(C)c2)S(=O)(=O)c2ccc(C)cc2)c1. The van der Waals surface area contributed by atoms with Gasteiger partial charge < -0.3 is 4.74 Å². The zero-order chi connectivity index (χ0) is 25.4. The van der Waals surface area contributed by atoms with Gasteiger partial charge in [-0.2, -0.15) is 5.10 Å². The smallest absolute Gasteiger partial charge is 0.264 e. The molecule has 0 radical (unpaired) electrons. The number of ether oxygens (including phenoxy) is 1. The van der Waals surface area contributed by atoms with Crippen LogP contribution in [0.3, 0.4) is 0 Å². The minimum Gasteiger partial charge on any atom is -0.490 e. The highest BCUT2D eigenvalue weighted by Gasteiger charge is 2.27. The quantitative estimate of drug-likeness (QED) is 0.257. The number of hydrogen-bond donors (Lipinski definition) is 1. The summed E-state index contributed by atoms with van der Waals surface area (Å²) in [5.41, 5.74) is 6.27. The summed E-state index contributed by atoms with van der Waals surface area (Å²) in [5.74, 6) is 0.0699. The van der Waals surface area contributed by atoms with E-state index in [-0.39, 0.29) is 4.90 Å². The van der Waals surface area contributed by atoms with Crippen molar-refractivity contribution < 1.29 is 17.9 Å². The number of nitrogens with zero attached hydrogens (tertiary/aromatic N) is 2. The fourth-order valence-electron chi connectivity index (χ4n) is 3.43. The second kappa shape index (κ2) is 11.5.